The van der Waals surface area contributed by atoms with Gasteiger partial charge in [0.25, 0.3) is 0 Å². The quantitative estimate of drug-likeness (QED) is 0.671. The zero-order valence-electron chi connectivity index (χ0n) is 15.8. The molecular formula is C22H22N2O3S. The van der Waals surface area contributed by atoms with Gasteiger partial charge in [0.15, 0.2) is 0 Å². The Balaban J connectivity index is 1.49. The number of nitrogens with zero attached hydrogens (tertiary/aromatic N) is 2. The minimum Gasteiger partial charge on any atom is -0.465 e. The molecule has 1 unspecified atom stereocenters. The van der Waals surface area contributed by atoms with E-state index < -0.39 is 11.8 Å². The fourth-order valence-electron chi connectivity index (χ4n) is 3.67. The molecule has 0 bridgehead atoms. The molecule has 1 aliphatic rings. The van der Waals surface area contributed by atoms with E-state index in [1.54, 1.807) is 25.6 Å². The predicted octanol–water partition coefficient (Wildman–Crippen LogP) is 5.04. The van der Waals surface area contributed by atoms with E-state index in [0.717, 1.165) is 21.4 Å². The second-order valence-electron chi connectivity index (χ2n) is 7.34. The molecule has 1 N–H and O–H groups in total. The van der Waals surface area contributed by atoms with Crippen LogP contribution in [0.15, 0.2) is 70.6 Å². The minimum absolute atomic E-state index is 0.171. The second-order valence-corrected chi connectivity index (χ2v) is 8.46. The number of carbonyl (C=O) groups is 1. The molecule has 1 atom stereocenters. The normalized spacial score (nSPS) is 18.5. The number of amides is 1. The fourth-order valence-corrected chi connectivity index (χ4v) is 4.61. The van der Waals surface area contributed by atoms with Crippen molar-refractivity contribution in [1.82, 2.24) is 9.88 Å². The molecule has 1 fully saturated rings. The third kappa shape index (κ3) is 3.70. The predicted molar refractivity (Wildman–Crippen MR) is 110 cm³/mol. The van der Waals surface area contributed by atoms with Gasteiger partial charge in [-0.3, -0.25) is 9.88 Å². The highest BCUT2D eigenvalue weighted by Gasteiger charge is 2.43. The van der Waals surface area contributed by atoms with E-state index in [9.17, 15) is 9.90 Å². The first kappa shape index (κ1) is 18.8. The van der Waals surface area contributed by atoms with Gasteiger partial charge in [0.2, 0.25) is 0 Å². The van der Waals surface area contributed by atoms with Crippen LogP contribution in [0.5, 0.6) is 0 Å². The summed E-state index contributed by atoms with van der Waals surface area (Å²) in [6.45, 7) is 4.00. The molecule has 0 saturated carbocycles. The molecule has 1 aliphatic heterocycles. The SMILES string of the molecule is CC1(C)OCC(Cc2ccc(Sc3ccnc4ccccc34)cc2)N1C(=O)O. The van der Waals surface area contributed by atoms with Gasteiger partial charge in [-0.1, -0.05) is 42.1 Å². The molecule has 1 amide bonds. The molecule has 28 heavy (non-hydrogen) atoms. The zero-order valence-corrected chi connectivity index (χ0v) is 16.6. The molecular weight excluding hydrogens is 372 g/mol. The van der Waals surface area contributed by atoms with Gasteiger partial charge in [0.1, 0.15) is 5.72 Å². The average molecular weight is 394 g/mol. The fraction of sp³-hybridized carbons (Fsp3) is 0.273. The number of carboxylic acid groups (broad SMARTS) is 1. The molecule has 0 radical (unpaired) electrons. The lowest BCUT2D eigenvalue weighted by Crippen LogP contribution is -2.47. The van der Waals surface area contributed by atoms with Crippen molar-refractivity contribution >= 4 is 28.8 Å². The number of aromatic nitrogens is 1. The van der Waals surface area contributed by atoms with E-state index in [1.165, 1.54) is 9.80 Å². The van der Waals surface area contributed by atoms with Crippen LogP contribution in [0.25, 0.3) is 10.9 Å². The molecule has 4 rings (SSSR count). The van der Waals surface area contributed by atoms with Gasteiger partial charge in [-0.15, -0.1) is 0 Å². The van der Waals surface area contributed by atoms with Crippen molar-refractivity contribution in [3.63, 3.8) is 0 Å². The Morgan fingerprint density at radius 3 is 2.71 bits per heavy atom. The standard InChI is InChI=1S/C22H22N2O3S/c1-22(2)24(21(25)26)16(14-27-22)13-15-7-9-17(10-8-15)28-20-11-12-23-19-6-4-3-5-18(19)20/h3-12,16H,13-14H2,1-2H3,(H,25,26). The lowest BCUT2D eigenvalue weighted by molar-refractivity contribution is -0.0419. The van der Waals surface area contributed by atoms with E-state index in [0.29, 0.717) is 13.0 Å². The number of para-hydroxylation sites is 1. The number of benzene rings is 2. The molecule has 1 saturated heterocycles. The number of hydrogen-bond acceptors (Lipinski definition) is 4. The summed E-state index contributed by atoms with van der Waals surface area (Å²) in [5.41, 5.74) is 1.30. The third-order valence-corrected chi connectivity index (χ3v) is 6.10. The van der Waals surface area contributed by atoms with E-state index in [4.69, 9.17) is 4.74 Å². The van der Waals surface area contributed by atoms with Crippen molar-refractivity contribution in [3.8, 4) is 0 Å². The molecule has 6 heteroatoms. The molecule has 0 spiro atoms. The van der Waals surface area contributed by atoms with Gasteiger partial charge in [-0.25, -0.2) is 4.79 Å². The highest BCUT2D eigenvalue weighted by atomic mass is 32.2. The zero-order chi connectivity index (χ0) is 19.7. The van der Waals surface area contributed by atoms with Crippen LogP contribution in [0, 0.1) is 0 Å². The Morgan fingerprint density at radius 1 is 1.21 bits per heavy atom. The van der Waals surface area contributed by atoms with Gasteiger partial charge in [0, 0.05) is 21.4 Å². The van der Waals surface area contributed by atoms with Crippen LogP contribution in [0.4, 0.5) is 4.79 Å². The van der Waals surface area contributed by atoms with Crippen LogP contribution in [0.1, 0.15) is 19.4 Å². The summed E-state index contributed by atoms with van der Waals surface area (Å²) in [6, 6.07) is 18.3. The summed E-state index contributed by atoms with van der Waals surface area (Å²) in [4.78, 5) is 19.8. The van der Waals surface area contributed by atoms with Gasteiger partial charge in [-0.2, -0.15) is 0 Å². The molecule has 144 valence electrons. The maximum absolute atomic E-state index is 11.6. The summed E-state index contributed by atoms with van der Waals surface area (Å²) >= 11 is 1.70. The van der Waals surface area contributed by atoms with E-state index in [1.807, 2.05) is 30.5 Å². The number of hydrogen-bond donors (Lipinski definition) is 1. The highest BCUT2D eigenvalue weighted by molar-refractivity contribution is 7.99. The number of fused-ring (bicyclic) bond motifs is 1. The highest BCUT2D eigenvalue weighted by Crippen LogP contribution is 2.33. The second kappa shape index (κ2) is 7.45. The Morgan fingerprint density at radius 2 is 1.96 bits per heavy atom. The Labute approximate surface area is 168 Å². The summed E-state index contributed by atoms with van der Waals surface area (Å²) in [6.07, 6.45) is 1.53. The Bertz CT molecular complexity index is 999. The van der Waals surface area contributed by atoms with Gasteiger partial charge < -0.3 is 9.84 Å². The van der Waals surface area contributed by atoms with E-state index in [2.05, 4.69) is 35.3 Å². The van der Waals surface area contributed by atoms with Crippen molar-refractivity contribution in [2.24, 2.45) is 0 Å². The summed E-state index contributed by atoms with van der Waals surface area (Å²) in [5, 5.41) is 10.7. The first-order valence-electron chi connectivity index (χ1n) is 9.21. The Hall–Kier alpha value is -2.57. The first-order valence-corrected chi connectivity index (χ1v) is 10.0. The maximum Gasteiger partial charge on any atom is 0.409 e. The summed E-state index contributed by atoms with van der Waals surface area (Å²) in [7, 11) is 0. The van der Waals surface area contributed by atoms with Crippen molar-refractivity contribution in [1.29, 1.82) is 0 Å². The van der Waals surface area contributed by atoms with Crippen molar-refractivity contribution in [3.05, 3.63) is 66.4 Å². The largest absolute Gasteiger partial charge is 0.465 e. The number of ether oxygens (including phenoxy) is 1. The molecule has 1 aromatic heterocycles. The van der Waals surface area contributed by atoms with E-state index >= 15 is 0 Å². The molecule has 3 aromatic rings. The number of pyridine rings is 1. The summed E-state index contributed by atoms with van der Waals surface area (Å²) < 4.78 is 5.68. The molecule has 2 heterocycles. The third-order valence-electron chi connectivity index (χ3n) is 5.01. The smallest absolute Gasteiger partial charge is 0.409 e. The van der Waals surface area contributed by atoms with E-state index in [-0.39, 0.29) is 6.04 Å². The van der Waals surface area contributed by atoms with Crippen LogP contribution >= 0.6 is 11.8 Å². The van der Waals surface area contributed by atoms with Gasteiger partial charge >= 0.3 is 6.09 Å². The average Bonchev–Trinajstić information content (AvgIpc) is 2.98. The van der Waals surface area contributed by atoms with Crippen LogP contribution < -0.4 is 0 Å². The minimum atomic E-state index is -0.941. The van der Waals surface area contributed by atoms with Gasteiger partial charge in [-0.05, 0) is 50.1 Å². The van der Waals surface area contributed by atoms with Crippen molar-refractivity contribution in [2.75, 3.05) is 6.61 Å². The Kier molecular flexibility index (Phi) is 5.00. The lowest BCUT2D eigenvalue weighted by atomic mass is 10.1. The van der Waals surface area contributed by atoms with Crippen LogP contribution in [-0.2, 0) is 11.2 Å². The van der Waals surface area contributed by atoms with Crippen LogP contribution in [0.2, 0.25) is 0 Å². The van der Waals surface area contributed by atoms with Crippen LogP contribution in [-0.4, -0.2) is 39.5 Å². The molecule has 0 aliphatic carbocycles. The first-order chi connectivity index (χ1) is 13.4. The lowest BCUT2D eigenvalue weighted by Gasteiger charge is -2.31. The molecule has 2 aromatic carbocycles. The molecule has 5 nitrogen and oxygen atoms in total. The topological polar surface area (TPSA) is 62.7 Å². The van der Waals surface area contributed by atoms with Crippen LogP contribution in [0.3, 0.4) is 0 Å². The maximum atomic E-state index is 11.6. The van der Waals surface area contributed by atoms with Crippen molar-refractivity contribution in [2.45, 2.75) is 41.8 Å². The summed E-state index contributed by atoms with van der Waals surface area (Å²) in [5.74, 6) is 0. The van der Waals surface area contributed by atoms with Crippen molar-refractivity contribution < 1.29 is 14.6 Å². The monoisotopic (exact) mass is 394 g/mol. The van der Waals surface area contributed by atoms with Gasteiger partial charge in [0.05, 0.1) is 18.2 Å². The number of rotatable bonds is 4.